The molecule has 160 valence electrons. The van der Waals surface area contributed by atoms with Crippen molar-refractivity contribution in [3.63, 3.8) is 0 Å². The Labute approximate surface area is 167 Å². The van der Waals surface area contributed by atoms with Gasteiger partial charge in [-0.3, -0.25) is 0 Å². The second-order valence-electron chi connectivity index (χ2n) is 8.77. The van der Waals surface area contributed by atoms with E-state index in [1.807, 2.05) is 0 Å². The molecule has 26 heavy (non-hydrogen) atoms. The summed E-state index contributed by atoms with van der Waals surface area (Å²) in [7, 11) is 0. The van der Waals surface area contributed by atoms with Crippen molar-refractivity contribution in [3.05, 3.63) is 0 Å². The van der Waals surface area contributed by atoms with Crippen molar-refractivity contribution >= 4 is 6.83 Å². The zero-order valence-corrected chi connectivity index (χ0v) is 20.2. The van der Waals surface area contributed by atoms with Gasteiger partial charge in [-0.25, -0.2) is 0 Å². The Balaban J connectivity index is 5.05. The van der Waals surface area contributed by atoms with Crippen LogP contribution >= 0.6 is 6.83 Å². The molecular formula is C24H53OP. The van der Waals surface area contributed by atoms with Crippen molar-refractivity contribution < 1.29 is 4.52 Å². The van der Waals surface area contributed by atoms with Gasteiger partial charge in [0.05, 0.1) is 0 Å². The molecule has 1 nitrogen and oxygen atoms in total. The monoisotopic (exact) mass is 388 g/mol. The summed E-state index contributed by atoms with van der Waals surface area (Å²) in [4.78, 5) is 0. The maximum absolute atomic E-state index is 7.16. The van der Waals surface area contributed by atoms with Gasteiger partial charge < -0.3 is 0 Å². The van der Waals surface area contributed by atoms with Gasteiger partial charge in [0.25, 0.3) is 0 Å². The van der Waals surface area contributed by atoms with Crippen molar-refractivity contribution in [1.82, 2.24) is 0 Å². The molecule has 0 unspecified atom stereocenters. The van der Waals surface area contributed by atoms with Crippen LogP contribution < -0.4 is 0 Å². The summed E-state index contributed by atoms with van der Waals surface area (Å²) in [6, 6.07) is 0. The number of hydrogen-bond donors (Lipinski definition) is 0. The van der Waals surface area contributed by atoms with Crippen molar-refractivity contribution in [2.45, 2.75) is 125 Å². The van der Waals surface area contributed by atoms with Gasteiger partial charge in [-0.2, -0.15) is 0 Å². The minimum absolute atomic E-state index is 1.05. The molecule has 0 atom stereocenters. The van der Waals surface area contributed by atoms with Crippen LogP contribution in [0.25, 0.3) is 0 Å². The second kappa shape index (κ2) is 16.4. The Morgan fingerprint density at radius 1 is 0.423 bits per heavy atom. The van der Waals surface area contributed by atoms with Crippen LogP contribution in [0.3, 0.4) is 0 Å². The van der Waals surface area contributed by atoms with Gasteiger partial charge in [0.2, 0.25) is 0 Å². The Morgan fingerprint density at radius 2 is 0.769 bits per heavy atom. The Bertz CT molecular complexity index is 259. The second-order valence-corrected chi connectivity index (χ2v) is 14.5. The number of unbranched alkanes of at least 4 members (excludes halogenated alkanes) is 9. The average Bonchev–Trinajstić information content (AvgIpc) is 2.67. The minimum atomic E-state index is -2.00. The van der Waals surface area contributed by atoms with Gasteiger partial charge in [0.15, 0.2) is 0 Å². The fraction of sp³-hybridized carbons (Fsp3) is 1.00. The van der Waals surface area contributed by atoms with Crippen LogP contribution in [0, 0.1) is 0 Å². The third kappa shape index (κ3) is 10.7. The number of rotatable bonds is 20. The Morgan fingerprint density at radius 3 is 1.15 bits per heavy atom. The van der Waals surface area contributed by atoms with Crippen LogP contribution in [0.15, 0.2) is 0 Å². The van der Waals surface area contributed by atoms with Crippen LogP contribution in [-0.4, -0.2) is 31.3 Å². The maximum atomic E-state index is 7.16. The third-order valence-corrected chi connectivity index (χ3v) is 13.0. The van der Waals surface area contributed by atoms with E-state index < -0.39 is 6.83 Å². The molecule has 0 aliphatic carbocycles. The molecule has 2 heteroatoms. The van der Waals surface area contributed by atoms with Crippen molar-refractivity contribution in [2.24, 2.45) is 0 Å². The van der Waals surface area contributed by atoms with E-state index in [2.05, 4.69) is 34.6 Å². The summed E-state index contributed by atoms with van der Waals surface area (Å²) in [6.45, 7) is 10.8. The molecule has 0 rings (SSSR count). The first-order chi connectivity index (χ1) is 12.6. The molecule has 0 fully saturated rings. The van der Waals surface area contributed by atoms with Gasteiger partial charge in [-0.15, -0.1) is 0 Å². The van der Waals surface area contributed by atoms with Gasteiger partial charge >= 0.3 is 167 Å². The molecule has 0 amide bonds. The quantitative estimate of drug-likeness (QED) is 0.149. The summed E-state index contributed by atoms with van der Waals surface area (Å²) in [6.07, 6.45) is 24.7. The van der Waals surface area contributed by atoms with E-state index in [1.165, 1.54) is 115 Å². The molecule has 0 N–H and O–H groups in total. The molecule has 0 spiro atoms. The first-order valence-electron chi connectivity index (χ1n) is 12.3. The van der Waals surface area contributed by atoms with Crippen LogP contribution in [0.2, 0.25) is 0 Å². The van der Waals surface area contributed by atoms with E-state index in [0.29, 0.717) is 0 Å². The zero-order valence-electron chi connectivity index (χ0n) is 19.3. The molecule has 0 aliphatic heterocycles. The van der Waals surface area contributed by atoms with Gasteiger partial charge in [-0.05, 0) is 0 Å². The summed E-state index contributed by atoms with van der Waals surface area (Å²) in [5.41, 5.74) is 0. The molecule has 0 aromatic heterocycles. The van der Waals surface area contributed by atoms with Crippen molar-refractivity contribution in [3.8, 4) is 0 Å². The predicted octanol–water partition coefficient (Wildman–Crippen LogP) is 9.03. The van der Waals surface area contributed by atoms with Crippen molar-refractivity contribution in [2.75, 3.05) is 31.3 Å². The van der Waals surface area contributed by atoms with Crippen LogP contribution in [0.1, 0.15) is 125 Å². The van der Waals surface area contributed by atoms with Gasteiger partial charge in [0.1, 0.15) is 0 Å². The molecule has 0 saturated heterocycles. The molecule has 0 heterocycles. The molecule has 0 aromatic rings. The predicted molar refractivity (Wildman–Crippen MR) is 125 cm³/mol. The van der Waals surface area contributed by atoms with Crippen LogP contribution in [0.4, 0.5) is 0 Å². The van der Waals surface area contributed by atoms with Gasteiger partial charge in [0, 0.05) is 0 Å². The summed E-state index contributed by atoms with van der Waals surface area (Å²) < 4.78 is 7.16. The molecule has 0 bridgehead atoms. The average molecular weight is 389 g/mol. The topological polar surface area (TPSA) is 9.23 Å². The van der Waals surface area contributed by atoms with E-state index in [4.69, 9.17) is 4.52 Å². The molecule has 0 saturated carbocycles. The first kappa shape index (κ1) is 26.4. The Kier molecular flexibility index (Phi) is 16.6. The Hall–Kier alpha value is 0.390. The number of hydrogen-bond acceptors (Lipinski definition) is 1. The molecule has 0 aliphatic rings. The van der Waals surface area contributed by atoms with Crippen LogP contribution in [0.5, 0.6) is 0 Å². The normalized spacial score (nSPS) is 13.7. The summed E-state index contributed by atoms with van der Waals surface area (Å²) in [5, 5.41) is 0. The first-order valence-corrected chi connectivity index (χ1v) is 15.2. The van der Waals surface area contributed by atoms with Crippen LogP contribution in [-0.2, 0) is 4.52 Å². The van der Waals surface area contributed by atoms with E-state index in [-0.39, 0.29) is 0 Å². The fourth-order valence-electron chi connectivity index (χ4n) is 4.37. The van der Waals surface area contributed by atoms with Crippen molar-refractivity contribution in [1.29, 1.82) is 0 Å². The zero-order chi connectivity index (χ0) is 19.6. The fourth-order valence-corrected chi connectivity index (χ4v) is 11.3. The molecule has 0 aromatic carbocycles. The molecule has 0 radical (unpaired) electrons. The third-order valence-electron chi connectivity index (χ3n) is 6.26. The summed E-state index contributed by atoms with van der Waals surface area (Å²) in [5.74, 6) is 0. The summed E-state index contributed by atoms with van der Waals surface area (Å²) >= 11 is 0. The standard InChI is InChI=1S/C24H53OP/c1-6-11-16-17-18-19-20-25-26(21-12-7-2,22-13-8-3,23-14-9-4)24-15-10-5/h6-24H2,1-5H3. The van der Waals surface area contributed by atoms with E-state index >= 15 is 0 Å². The SMILES string of the molecule is CCCCCCCCOP(CCCC)(CCCC)(CCCC)CCCC. The van der Waals surface area contributed by atoms with E-state index in [9.17, 15) is 0 Å². The molecular weight excluding hydrogens is 335 g/mol. The van der Waals surface area contributed by atoms with E-state index in [0.717, 1.165) is 6.61 Å². The van der Waals surface area contributed by atoms with Gasteiger partial charge in [-0.1, -0.05) is 0 Å². The van der Waals surface area contributed by atoms with E-state index in [1.54, 1.807) is 0 Å².